The lowest BCUT2D eigenvalue weighted by molar-refractivity contribution is -0.144. The lowest BCUT2D eigenvalue weighted by Crippen LogP contribution is -2.51. The number of likely N-dealkylation sites (tertiary alicyclic amines) is 1. The Hall–Kier alpha value is -3.16. The molecule has 2 aliphatic carbocycles. The highest BCUT2D eigenvalue weighted by Gasteiger charge is 2.47. The molecule has 0 unspecified atom stereocenters. The summed E-state index contributed by atoms with van der Waals surface area (Å²) in [5.74, 6) is -0.666. The molecule has 1 aromatic rings. The number of carbonyl (C=O) groups excluding carboxylic acids is 4. The van der Waals surface area contributed by atoms with Gasteiger partial charge < -0.3 is 15.0 Å². The Labute approximate surface area is 213 Å². The molecule has 4 amide bonds. The maximum absolute atomic E-state index is 13.6. The molecule has 194 valence electrons. The molecule has 1 N–H and O–H groups in total. The quantitative estimate of drug-likeness (QED) is 0.397. The topological polar surface area (TPSA) is 96.0 Å². The molecular formula is C28H37N3O5. The average molecular weight is 496 g/mol. The largest absolute Gasteiger partial charge is 0.497 e. The average Bonchev–Trinajstić information content (AvgIpc) is 3.49. The Bertz CT molecular complexity index is 973. The summed E-state index contributed by atoms with van der Waals surface area (Å²) in [6.45, 7) is 2.21. The zero-order chi connectivity index (χ0) is 25.7. The van der Waals surface area contributed by atoms with Gasteiger partial charge in [0.25, 0.3) is 0 Å². The molecule has 0 radical (unpaired) electrons. The van der Waals surface area contributed by atoms with Gasteiger partial charge in [0.05, 0.1) is 18.9 Å². The van der Waals surface area contributed by atoms with E-state index in [1.54, 1.807) is 12.0 Å². The van der Waals surface area contributed by atoms with Gasteiger partial charge in [-0.1, -0.05) is 44.1 Å². The molecular weight excluding hydrogens is 458 g/mol. The summed E-state index contributed by atoms with van der Waals surface area (Å²) in [6, 6.07) is 6.94. The summed E-state index contributed by atoms with van der Waals surface area (Å²) in [5.41, 5.74) is 0.877. The van der Waals surface area contributed by atoms with Gasteiger partial charge in [0.2, 0.25) is 23.6 Å². The number of ether oxygens (including phenoxy) is 1. The molecule has 8 nitrogen and oxygen atoms in total. The van der Waals surface area contributed by atoms with Gasteiger partial charge >= 0.3 is 0 Å². The van der Waals surface area contributed by atoms with Gasteiger partial charge in [-0.2, -0.15) is 0 Å². The number of benzene rings is 1. The van der Waals surface area contributed by atoms with Crippen molar-refractivity contribution in [2.45, 2.75) is 76.9 Å². The number of hydrogen-bond donors (Lipinski definition) is 1. The van der Waals surface area contributed by atoms with E-state index in [4.69, 9.17) is 4.74 Å². The SMILES string of the molecule is CC[C@H](C(=O)NC1CCCC1)N(Cc1ccc(OC)cc1)C(=O)CCN1C(=O)[C@H]2CC=CC[C@H]2C1=O. The minimum atomic E-state index is -0.628. The maximum Gasteiger partial charge on any atom is 0.243 e. The Morgan fingerprint density at radius 1 is 1.06 bits per heavy atom. The highest BCUT2D eigenvalue weighted by molar-refractivity contribution is 6.05. The fraction of sp³-hybridized carbons (Fsp3) is 0.571. The molecule has 1 aliphatic heterocycles. The number of imide groups is 1. The summed E-state index contributed by atoms with van der Waals surface area (Å²) in [7, 11) is 1.60. The number of hydrogen-bond acceptors (Lipinski definition) is 5. The smallest absolute Gasteiger partial charge is 0.243 e. The highest BCUT2D eigenvalue weighted by atomic mass is 16.5. The first kappa shape index (κ1) is 25.9. The summed E-state index contributed by atoms with van der Waals surface area (Å²) in [5, 5.41) is 3.14. The van der Waals surface area contributed by atoms with Crippen molar-refractivity contribution in [3.63, 3.8) is 0 Å². The van der Waals surface area contributed by atoms with Crippen LogP contribution in [-0.4, -0.2) is 59.2 Å². The first-order valence-electron chi connectivity index (χ1n) is 13.2. The van der Waals surface area contributed by atoms with Crippen LogP contribution in [0, 0.1) is 11.8 Å². The molecule has 2 fully saturated rings. The van der Waals surface area contributed by atoms with Crippen molar-refractivity contribution in [1.82, 2.24) is 15.1 Å². The number of fused-ring (bicyclic) bond motifs is 1. The van der Waals surface area contributed by atoms with E-state index in [1.807, 2.05) is 43.3 Å². The molecule has 1 aromatic carbocycles. The molecule has 4 rings (SSSR count). The molecule has 0 aromatic heterocycles. The minimum Gasteiger partial charge on any atom is -0.497 e. The Morgan fingerprint density at radius 2 is 1.67 bits per heavy atom. The molecule has 3 aliphatic rings. The third-order valence-corrected chi connectivity index (χ3v) is 7.75. The molecule has 1 saturated heterocycles. The first-order valence-corrected chi connectivity index (χ1v) is 13.2. The number of amides is 4. The van der Waals surface area contributed by atoms with Crippen LogP contribution in [0.5, 0.6) is 5.75 Å². The van der Waals surface area contributed by atoms with E-state index in [1.165, 1.54) is 4.90 Å². The number of allylic oxidation sites excluding steroid dienone is 2. The van der Waals surface area contributed by atoms with Gasteiger partial charge in [-0.3, -0.25) is 24.1 Å². The van der Waals surface area contributed by atoms with Crippen molar-refractivity contribution in [2.24, 2.45) is 11.8 Å². The van der Waals surface area contributed by atoms with Gasteiger partial charge in [0.1, 0.15) is 11.8 Å². The van der Waals surface area contributed by atoms with Crippen LogP contribution < -0.4 is 10.1 Å². The van der Waals surface area contributed by atoms with Crippen molar-refractivity contribution >= 4 is 23.6 Å². The first-order chi connectivity index (χ1) is 17.4. The summed E-state index contributed by atoms with van der Waals surface area (Å²) >= 11 is 0. The zero-order valence-electron chi connectivity index (χ0n) is 21.3. The van der Waals surface area contributed by atoms with Crippen LogP contribution in [0.4, 0.5) is 0 Å². The number of carbonyl (C=O) groups is 4. The normalized spacial score (nSPS) is 22.4. The molecule has 1 saturated carbocycles. The van der Waals surface area contributed by atoms with Gasteiger partial charge in [-0.05, 0) is 49.8 Å². The predicted octanol–water partition coefficient (Wildman–Crippen LogP) is 3.20. The standard InChI is InChI=1S/C28H37N3O5/c1-3-24(26(33)29-20-8-4-5-9-20)31(18-19-12-14-21(36-2)15-13-19)25(32)16-17-30-27(34)22-10-6-7-11-23(22)28(30)35/h6-7,12-15,20,22-24H,3-5,8-11,16-18H2,1-2H3,(H,29,33)/t22-,23+,24-/m1/s1. The lowest BCUT2D eigenvalue weighted by atomic mass is 9.85. The van der Waals surface area contributed by atoms with Gasteiger partial charge in [0, 0.05) is 25.6 Å². The van der Waals surface area contributed by atoms with E-state index >= 15 is 0 Å². The van der Waals surface area contributed by atoms with Crippen molar-refractivity contribution in [2.75, 3.05) is 13.7 Å². The predicted molar refractivity (Wildman–Crippen MR) is 135 cm³/mol. The van der Waals surface area contributed by atoms with Crippen LogP contribution in [-0.2, 0) is 25.7 Å². The number of methoxy groups -OCH3 is 1. The molecule has 8 heteroatoms. The van der Waals surface area contributed by atoms with Crippen LogP contribution in [0.3, 0.4) is 0 Å². The molecule has 1 heterocycles. The molecule has 36 heavy (non-hydrogen) atoms. The third kappa shape index (κ3) is 5.63. The van der Waals surface area contributed by atoms with E-state index < -0.39 is 6.04 Å². The lowest BCUT2D eigenvalue weighted by Gasteiger charge is -2.32. The van der Waals surface area contributed by atoms with Crippen LogP contribution in [0.25, 0.3) is 0 Å². The van der Waals surface area contributed by atoms with E-state index in [9.17, 15) is 19.2 Å². The molecule has 0 spiro atoms. The second-order valence-electron chi connectivity index (χ2n) is 10.0. The minimum absolute atomic E-state index is 0.00624. The van der Waals surface area contributed by atoms with E-state index in [2.05, 4.69) is 5.32 Å². The Balaban J connectivity index is 1.48. The van der Waals surface area contributed by atoms with Crippen molar-refractivity contribution < 1.29 is 23.9 Å². The van der Waals surface area contributed by atoms with Gasteiger partial charge in [0.15, 0.2) is 0 Å². The van der Waals surface area contributed by atoms with Gasteiger partial charge in [-0.25, -0.2) is 0 Å². The van der Waals surface area contributed by atoms with E-state index in [0.29, 0.717) is 25.0 Å². The third-order valence-electron chi connectivity index (χ3n) is 7.75. The Morgan fingerprint density at radius 3 is 2.22 bits per heavy atom. The van der Waals surface area contributed by atoms with Crippen molar-refractivity contribution in [3.05, 3.63) is 42.0 Å². The van der Waals surface area contributed by atoms with Crippen molar-refractivity contribution in [1.29, 1.82) is 0 Å². The summed E-state index contributed by atoms with van der Waals surface area (Å²) in [6.07, 6.45) is 9.64. The molecule has 3 atom stereocenters. The van der Waals surface area contributed by atoms with Crippen LogP contribution in [0.15, 0.2) is 36.4 Å². The fourth-order valence-electron chi connectivity index (χ4n) is 5.66. The Kier molecular flexibility index (Phi) is 8.44. The van der Waals surface area contributed by atoms with Crippen molar-refractivity contribution in [3.8, 4) is 5.75 Å². The fourth-order valence-corrected chi connectivity index (χ4v) is 5.66. The monoisotopic (exact) mass is 495 g/mol. The second kappa shape index (κ2) is 11.7. The second-order valence-corrected chi connectivity index (χ2v) is 10.0. The number of nitrogens with zero attached hydrogens (tertiary/aromatic N) is 2. The number of nitrogens with one attached hydrogen (secondary N) is 1. The van der Waals surface area contributed by atoms with Crippen LogP contribution >= 0.6 is 0 Å². The van der Waals surface area contributed by atoms with Crippen LogP contribution in [0.2, 0.25) is 0 Å². The summed E-state index contributed by atoms with van der Waals surface area (Å²) < 4.78 is 5.24. The zero-order valence-corrected chi connectivity index (χ0v) is 21.3. The van der Waals surface area contributed by atoms with Crippen LogP contribution in [0.1, 0.15) is 63.9 Å². The number of rotatable bonds is 10. The maximum atomic E-state index is 13.6. The highest BCUT2D eigenvalue weighted by Crippen LogP contribution is 2.35. The van der Waals surface area contributed by atoms with E-state index in [0.717, 1.165) is 31.2 Å². The van der Waals surface area contributed by atoms with E-state index in [-0.39, 0.29) is 61.0 Å². The summed E-state index contributed by atoms with van der Waals surface area (Å²) in [4.78, 5) is 55.4. The molecule has 0 bridgehead atoms. The van der Waals surface area contributed by atoms with Gasteiger partial charge in [-0.15, -0.1) is 0 Å².